The van der Waals surface area contributed by atoms with Gasteiger partial charge in [0.25, 0.3) is 0 Å². The number of hydrogen-bond donors (Lipinski definition) is 2. The highest BCUT2D eigenvalue weighted by Gasteiger charge is 2.55. The first-order chi connectivity index (χ1) is 14.6. The zero-order chi connectivity index (χ0) is 22.5. The largest absolute Gasteiger partial charge is 0.480 e. The van der Waals surface area contributed by atoms with Gasteiger partial charge in [0, 0.05) is 19.6 Å². The minimum Gasteiger partial charge on any atom is -0.480 e. The lowest BCUT2D eigenvalue weighted by Gasteiger charge is -2.42. The Balaban J connectivity index is 1.65. The number of fused-ring (bicyclic) bond motifs is 2. The molecule has 0 spiro atoms. The topological polar surface area (TPSA) is 142 Å². The van der Waals surface area contributed by atoms with Crippen molar-refractivity contribution in [1.82, 2.24) is 19.0 Å². The highest BCUT2D eigenvalue weighted by Crippen LogP contribution is 2.38. The number of benzene rings is 1. The number of carboxylic acid groups (broad SMARTS) is 2. The molecule has 0 aliphatic carbocycles. The number of ether oxygens (including phenoxy) is 1. The van der Waals surface area contributed by atoms with Crippen molar-refractivity contribution in [2.45, 2.75) is 35.9 Å². The van der Waals surface area contributed by atoms with Crippen molar-refractivity contribution in [3.63, 3.8) is 0 Å². The van der Waals surface area contributed by atoms with E-state index in [2.05, 4.69) is 5.10 Å². The van der Waals surface area contributed by atoms with Crippen LogP contribution in [0, 0.1) is 5.82 Å². The fourth-order valence-electron chi connectivity index (χ4n) is 4.19. The Morgan fingerprint density at radius 2 is 2.00 bits per heavy atom. The van der Waals surface area contributed by atoms with E-state index in [1.54, 1.807) is 7.05 Å². The molecular weight excluding hydrogens is 435 g/mol. The molecule has 1 amide bonds. The van der Waals surface area contributed by atoms with Crippen LogP contribution in [0.15, 0.2) is 35.5 Å². The van der Waals surface area contributed by atoms with Gasteiger partial charge in [0.2, 0.25) is 10.0 Å². The standard InChI is InChI=1S/C18H19FN4O7S/c1-21-9-11(7-20-21)30-15-5-3-12(6-13(15)19)31(28,29)22-8-10-2-4-14(16(22)17(24)25)23(10)18(26)27/h3,5-7,9-10,14,16H,2,4,8H2,1H3,(H,24,25)(H,26,27)/t10-,14+,16+/m1/s1. The molecule has 2 N–H and O–H groups in total. The fourth-order valence-corrected chi connectivity index (χ4v) is 5.85. The first-order valence-electron chi connectivity index (χ1n) is 9.31. The molecule has 0 saturated carbocycles. The van der Waals surface area contributed by atoms with Gasteiger partial charge < -0.3 is 14.9 Å². The van der Waals surface area contributed by atoms with E-state index < -0.39 is 50.9 Å². The number of carbonyl (C=O) groups is 2. The monoisotopic (exact) mass is 454 g/mol. The van der Waals surface area contributed by atoms with Crippen molar-refractivity contribution >= 4 is 22.1 Å². The van der Waals surface area contributed by atoms with Crippen molar-refractivity contribution in [2.75, 3.05) is 6.54 Å². The number of rotatable bonds is 5. The summed E-state index contributed by atoms with van der Waals surface area (Å²) in [7, 11) is -2.77. The number of aliphatic carboxylic acids is 1. The first-order valence-corrected chi connectivity index (χ1v) is 10.8. The molecule has 2 aromatic rings. The van der Waals surface area contributed by atoms with E-state index in [1.807, 2.05) is 0 Å². The Kier molecular flexibility index (Phi) is 5.09. The minimum atomic E-state index is -4.42. The lowest BCUT2D eigenvalue weighted by Crippen LogP contribution is -2.64. The number of amides is 1. The zero-order valence-corrected chi connectivity index (χ0v) is 17.1. The molecule has 2 fully saturated rings. The van der Waals surface area contributed by atoms with Crippen LogP contribution in [-0.4, -0.2) is 74.3 Å². The molecule has 2 bridgehead atoms. The second-order valence-corrected chi connectivity index (χ2v) is 9.28. The summed E-state index contributed by atoms with van der Waals surface area (Å²) < 4.78 is 48.5. The average Bonchev–Trinajstić information content (AvgIpc) is 3.24. The number of aromatic nitrogens is 2. The second-order valence-electron chi connectivity index (χ2n) is 7.39. The summed E-state index contributed by atoms with van der Waals surface area (Å²) in [6.07, 6.45) is 2.14. The van der Waals surface area contributed by atoms with Gasteiger partial charge in [-0.1, -0.05) is 0 Å². The summed E-state index contributed by atoms with van der Waals surface area (Å²) in [4.78, 5) is 24.0. The van der Waals surface area contributed by atoms with Crippen molar-refractivity contribution in [3.05, 3.63) is 36.4 Å². The number of sulfonamides is 1. The van der Waals surface area contributed by atoms with E-state index in [0.29, 0.717) is 6.42 Å². The third-order valence-corrected chi connectivity index (χ3v) is 7.35. The van der Waals surface area contributed by atoms with Crippen molar-refractivity contribution in [3.8, 4) is 11.5 Å². The molecule has 1 aromatic carbocycles. The van der Waals surface area contributed by atoms with Crippen LogP contribution < -0.4 is 4.74 Å². The average molecular weight is 454 g/mol. The van der Waals surface area contributed by atoms with Crippen LogP contribution in [0.1, 0.15) is 12.8 Å². The zero-order valence-electron chi connectivity index (χ0n) is 16.3. The van der Waals surface area contributed by atoms with Crippen LogP contribution >= 0.6 is 0 Å². The van der Waals surface area contributed by atoms with E-state index in [0.717, 1.165) is 27.4 Å². The van der Waals surface area contributed by atoms with E-state index in [-0.39, 0.29) is 24.5 Å². The molecule has 4 rings (SSSR count). The normalized spacial score (nSPS) is 23.7. The molecule has 31 heavy (non-hydrogen) atoms. The maximum atomic E-state index is 14.6. The van der Waals surface area contributed by atoms with Crippen molar-refractivity contribution in [1.29, 1.82) is 0 Å². The third kappa shape index (κ3) is 3.59. The maximum Gasteiger partial charge on any atom is 0.407 e. The van der Waals surface area contributed by atoms with E-state index >= 15 is 0 Å². The van der Waals surface area contributed by atoms with Gasteiger partial charge in [-0.2, -0.15) is 9.40 Å². The lowest BCUT2D eigenvalue weighted by molar-refractivity contribution is -0.144. The molecule has 0 radical (unpaired) electrons. The van der Waals surface area contributed by atoms with Gasteiger partial charge in [-0.3, -0.25) is 14.4 Å². The van der Waals surface area contributed by atoms with Crippen molar-refractivity contribution < 1.29 is 37.3 Å². The van der Waals surface area contributed by atoms with Crippen LogP contribution in [0.5, 0.6) is 11.5 Å². The lowest BCUT2D eigenvalue weighted by atomic mass is 10.1. The third-order valence-electron chi connectivity index (χ3n) is 5.50. The van der Waals surface area contributed by atoms with Gasteiger partial charge in [-0.15, -0.1) is 0 Å². The molecule has 2 saturated heterocycles. The predicted octanol–water partition coefficient (Wildman–Crippen LogP) is 1.32. The molecular formula is C18H19FN4O7S. The molecule has 0 unspecified atom stereocenters. The summed E-state index contributed by atoms with van der Waals surface area (Å²) in [5, 5.41) is 23.0. The summed E-state index contributed by atoms with van der Waals surface area (Å²) >= 11 is 0. The van der Waals surface area contributed by atoms with Gasteiger partial charge in [0.1, 0.15) is 6.04 Å². The number of hydrogen-bond acceptors (Lipinski definition) is 6. The molecule has 2 aliphatic heterocycles. The van der Waals surface area contributed by atoms with Crippen LogP contribution in [0.2, 0.25) is 0 Å². The molecule has 2 aliphatic rings. The molecule has 3 heterocycles. The molecule has 3 atom stereocenters. The number of carboxylic acids is 1. The Hall–Kier alpha value is -3.19. The fraction of sp³-hybridized carbons (Fsp3) is 0.389. The minimum absolute atomic E-state index is 0.225. The van der Waals surface area contributed by atoms with E-state index in [1.165, 1.54) is 17.1 Å². The van der Waals surface area contributed by atoms with Crippen LogP contribution in [0.4, 0.5) is 9.18 Å². The SMILES string of the molecule is Cn1cc(Oc2ccc(S(=O)(=O)N3C[C@H]4CC[C@@H]([C@H]3C(=O)O)N4C(=O)O)cc2F)cn1. The molecule has 1 aromatic heterocycles. The molecule has 166 valence electrons. The highest BCUT2D eigenvalue weighted by molar-refractivity contribution is 7.89. The van der Waals surface area contributed by atoms with Crippen LogP contribution in [-0.2, 0) is 21.9 Å². The van der Waals surface area contributed by atoms with Crippen LogP contribution in [0.25, 0.3) is 0 Å². The smallest absolute Gasteiger partial charge is 0.407 e. The second kappa shape index (κ2) is 7.50. The van der Waals surface area contributed by atoms with Crippen LogP contribution in [0.3, 0.4) is 0 Å². The van der Waals surface area contributed by atoms with Gasteiger partial charge >= 0.3 is 12.1 Å². The van der Waals surface area contributed by atoms with E-state index in [4.69, 9.17) is 4.74 Å². The number of piperazine rings is 1. The Morgan fingerprint density at radius 1 is 1.26 bits per heavy atom. The maximum absolute atomic E-state index is 14.6. The van der Waals surface area contributed by atoms with Gasteiger partial charge in [0.15, 0.2) is 17.3 Å². The van der Waals surface area contributed by atoms with Crippen molar-refractivity contribution in [2.24, 2.45) is 7.05 Å². The summed E-state index contributed by atoms with van der Waals surface area (Å²) in [6, 6.07) is -0.269. The van der Waals surface area contributed by atoms with Gasteiger partial charge in [-0.05, 0) is 31.0 Å². The molecule has 13 heteroatoms. The summed E-state index contributed by atoms with van der Waals surface area (Å²) in [5.41, 5.74) is 0. The first kappa shape index (κ1) is 21.1. The number of aryl methyl sites for hydroxylation is 1. The van der Waals surface area contributed by atoms with E-state index in [9.17, 15) is 32.6 Å². The Morgan fingerprint density at radius 3 is 2.58 bits per heavy atom. The summed E-state index contributed by atoms with van der Waals surface area (Å²) in [5.74, 6) is -2.39. The summed E-state index contributed by atoms with van der Waals surface area (Å²) in [6.45, 7) is -0.322. The van der Waals surface area contributed by atoms with Gasteiger partial charge in [-0.25, -0.2) is 17.6 Å². The highest BCUT2D eigenvalue weighted by atomic mass is 32.2. The molecule has 11 nitrogen and oxygen atoms in total. The van der Waals surface area contributed by atoms with Gasteiger partial charge in [0.05, 0.1) is 23.3 Å². The number of nitrogens with zero attached hydrogens (tertiary/aromatic N) is 4. The Labute approximate surface area is 176 Å². The quantitative estimate of drug-likeness (QED) is 0.689. The predicted molar refractivity (Wildman–Crippen MR) is 102 cm³/mol. The number of halogens is 1. The Bertz CT molecular complexity index is 1150.